The van der Waals surface area contributed by atoms with Crippen molar-refractivity contribution < 1.29 is 0 Å². The average molecular weight is 301 g/mol. The van der Waals surface area contributed by atoms with Gasteiger partial charge in [-0.25, -0.2) is 0 Å². The quantitative estimate of drug-likeness (QED) is 0.604. The van der Waals surface area contributed by atoms with Crippen molar-refractivity contribution in [1.29, 1.82) is 0 Å². The van der Waals surface area contributed by atoms with Gasteiger partial charge in [-0.3, -0.25) is 15.1 Å². The minimum Gasteiger partial charge on any atom is -0.379 e. The molecule has 2 N–H and O–H groups in total. The second kappa shape index (κ2) is 5.88. The molecule has 1 aromatic carbocycles. The molecule has 5 heteroatoms. The number of aromatic amines is 1. The van der Waals surface area contributed by atoms with Gasteiger partial charge in [-0.1, -0.05) is 12.1 Å². The molecule has 0 saturated heterocycles. The lowest BCUT2D eigenvalue weighted by Gasteiger charge is -2.05. The molecule has 0 aliphatic heterocycles. The van der Waals surface area contributed by atoms with Gasteiger partial charge in [-0.15, -0.1) is 0 Å². The van der Waals surface area contributed by atoms with Gasteiger partial charge in [0.15, 0.2) is 0 Å². The van der Waals surface area contributed by atoms with Crippen molar-refractivity contribution in [1.82, 2.24) is 20.2 Å². The summed E-state index contributed by atoms with van der Waals surface area (Å²) in [5.41, 5.74) is 4.78. The summed E-state index contributed by atoms with van der Waals surface area (Å²) in [5, 5.41) is 11.9. The van der Waals surface area contributed by atoms with Gasteiger partial charge < -0.3 is 5.32 Å². The Morgan fingerprint density at radius 1 is 0.870 bits per heavy atom. The predicted octanol–water partition coefficient (Wildman–Crippen LogP) is 3.63. The SMILES string of the molecule is c1ccc(-c2cc(CNc3ccc4ncccc4c3)[nH]n2)nc1. The number of aromatic nitrogens is 4. The highest BCUT2D eigenvalue weighted by molar-refractivity contribution is 5.82. The van der Waals surface area contributed by atoms with Crippen LogP contribution < -0.4 is 5.32 Å². The number of nitrogens with zero attached hydrogens (tertiary/aromatic N) is 3. The van der Waals surface area contributed by atoms with Gasteiger partial charge in [0.05, 0.1) is 23.4 Å². The normalized spacial score (nSPS) is 10.8. The molecule has 112 valence electrons. The summed E-state index contributed by atoms with van der Waals surface area (Å²) in [4.78, 5) is 8.63. The van der Waals surface area contributed by atoms with E-state index in [4.69, 9.17) is 0 Å². The minimum atomic E-state index is 0.672. The Hall–Kier alpha value is -3.21. The maximum atomic E-state index is 4.33. The van der Waals surface area contributed by atoms with E-state index in [9.17, 15) is 0 Å². The Bertz CT molecular complexity index is 930. The van der Waals surface area contributed by atoms with Gasteiger partial charge >= 0.3 is 0 Å². The summed E-state index contributed by atoms with van der Waals surface area (Å²) in [6.45, 7) is 0.672. The summed E-state index contributed by atoms with van der Waals surface area (Å²) in [7, 11) is 0. The fraction of sp³-hybridized carbons (Fsp3) is 0.0556. The second-order valence-electron chi connectivity index (χ2n) is 5.26. The molecule has 4 aromatic rings. The van der Waals surface area contributed by atoms with Crippen LogP contribution in [0.25, 0.3) is 22.3 Å². The van der Waals surface area contributed by atoms with Crippen LogP contribution >= 0.6 is 0 Å². The molecule has 0 fully saturated rings. The Balaban J connectivity index is 1.49. The Labute approximate surface area is 133 Å². The van der Waals surface area contributed by atoms with Crippen LogP contribution in [0.4, 0.5) is 5.69 Å². The van der Waals surface area contributed by atoms with E-state index in [1.54, 1.807) is 12.4 Å². The number of nitrogens with one attached hydrogen (secondary N) is 2. The van der Waals surface area contributed by atoms with E-state index in [2.05, 4.69) is 37.6 Å². The standard InChI is InChI=1S/C18H15N5/c1-2-8-20-17(5-1)18-11-15(22-23-18)12-21-14-6-7-16-13(10-14)4-3-9-19-16/h1-11,21H,12H2,(H,22,23). The lowest BCUT2D eigenvalue weighted by molar-refractivity contribution is 0.982. The molecule has 0 spiro atoms. The van der Waals surface area contributed by atoms with Crippen molar-refractivity contribution >= 4 is 16.6 Å². The molecule has 0 atom stereocenters. The molecule has 0 aliphatic carbocycles. The zero-order valence-corrected chi connectivity index (χ0v) is 12.4. The Morgan fingerprint density at radius 3 is 2.74 bits per heavy atom. The van der Waals surface area contributed by atoms with Crippen molar-refractivity contribution in [2.24, 2.45) is 0 Å². The topological polar surface area (TPSA) is 66.5 Å². The summed E-state index contributed by atoms with van der Waals surface area (Å²) < 4.78 is 0. The lowest BCUT2D eigenvalue weighted by atomic mass is 10.2. The number of H-pyrrole nitrogens is 1. The molecule has 0 bridgehead atoms. The average Bonchev–Trinajstić information content (AvgIpc) is 3.10. The van der Waals surface area contributed by atoms with Gasteiger partial charge in [0.1, 0.15) is 5.69 Å². The molecule has 4 rings (SSSR count). The summed E-state index contributed by atoms with van der Waals surface area (Å²) in [5.74, 6) is 0. The third-order valence-electron chi connectivity index (χ3n) is 3.64. The Morgan fingerprint density at radius 2 is 1.83 bits per heavy atom. The van der Waals surface area contributed by atoms with Crippen molar-refractivity contribution in [2.45, 2.75) is 6.54 Å². The number of benzene rings is 1. The number of hydrogen-bond donors (Lipinski definition) is 2. The van der Waals surface area contributed by atoms with E-state index >= 15 is 0 Å². The monoisotopic (exact) mass is 301 g/mol. The van der Waals surface area contributed by atoms with Gasteiger partial charge in [-0.2, -0.15) is 5.10 Å². The predicted molar refractivity (Wildman–Crippen MR) is 90.9 cm³/mol. The molecule has 0 saturated carbocycles. The van der Waals surface area contributed by atoms with Crippen LogP contribution in [0, 0.1) is 0 Å². The van der Waals surface area contributed by atoms with Crippen LogP contribution in [0.15, 0.2) is 67.0 Å². The summed E-state index contributed by atoms with van der Waals surface area (Å²) >= 11 is 0. The summed E-state index contributed by atoms with van der Waals surface area (Å²) in [6, 6.07) is 18.0. The number of hydrogen-bond acceptors (Lipinski definition) is 4. The van der Waals surface area contributed by atoms with Crippen molar-refractivity contribution in [3.8, 4) is 11.4 Å². The smallest absolute Gasteiger partial charge is 0.111 e. The van der Waals surface area contributed by atoms with Crippen LogP contribution in [-0.2, 0) is 6.54 Å². The molecule has 0 unspecified atom stereocenters. The molecule has 23 heavy (non-hydrogen) atoms. The van der Waals surface area contributed by atoms with Crippen molar-refractivity contribution in [3.05, 3.63) is 72.7 Å². The fourth-order valence-corrected chi connectivity index (χ4v) is 2.48. The fourth-order valence-electron chi connectivity index (χ4n) is 2.48. The zero-order valence-electron chi connectivity index (χ0n) is 12.4. The first-order chi connectivity index (χ1) is 11.4. The van der Waals surface area contributed by atoms with Crippen molar-refractivity contribution in [3.63, 3.8) is 0 Å². The largest absolute Gasteiger partial charge is 0.379 e. The van der Waals surface area contributed by atoms with E-state index in [1.165, 1.54) is 0 Å². The van der Waals surface area contributed by atoms with Crippen LogP contribution in [0.1, 0.15) is 5.69 Å². The third-order valence-corrected chi connectivity index (χ3v) is 3.64. The Kier molecular flexibility index (Phi) is 3.44. The number of pyridine rings is 2. The molecular formula is C18H15N5. The van der Waals surface area contributed by atoms with E-state index in [-0.39, 0.29) is 0 Å². The molecule has 5 nitrogen and oxygen atoms in total. The van der Waals surface area contributed by atoms with E-state index < -0.39 is 0 Å². The first kappa shape index (κ1) is 13.5. The number of anilines is 1. The van der Waals surface area contributed by atoms with Crippen LogP contribution in [0.3, 0.4) is 0 Å². The maximum Gasteiger partial charge on any atom is 0.111 e. The van der Waals surface area contributed by atoms with E-state index in [0.29, 0.717) is 6.54 Å². The van der Waals surface area contributed by atoms with E-state index in [1.807, 2.05) is 42.5 Å². The zero-order chi connectivity index (χ0) is 15.5. The second-order valence-corrected chi connectivity index (χ2v) is 5.26. The highest BCUT2D eigenvalue weighted by Gasteiger charge is 2.04. The van der Waals surface area contributed by atoms with Crippen molar-refractivity contribution in [2.75, 3.05) is 5.32 Å². The summed E-state index contributed by atoms with van der Waals surface area (Å²) in [6.07, 6.45) is 3.57. The van der Waals surface area contributed by atoms with Gasteiger partial charge in [0.25, 0.3) is 0 Å². The van der Waals surface area contributed by atoms with E-state index in [0.717, 1.165) is 33.7 Å². The third kappa shape index (κ3) is 2.89. The lowest BCUT2D eigenvalue weighted by Crippen LogP contribution is -1.99. The molecular weight excluding hydrogens is 286 g/mol. The number of rotatable bonds is 4. The highest BCUT2D eigenvalue weighted by Crippen LogP contribution is 2.18. The highest BCUT2D eigenvalue weighted by atomic mass is 15.1. The van der Waals surface area contributed by atoms with Crippen LogP contribution in [-0.4, -0.2) is 20.2 Å². The molecule has 0 aliphatic rings. The molecule has 3 heterocycles. The molecule has 0 amide bonds. The van der Waals surface area contributed by atoms with Gasteiger partial charge in [0, 0.05) is 23.5 Å². The number of fused-ring (bicyclic) bond motifs is 1. The van der Waals surface area contributed by atoms with Crippen LogP contribution in [0.5, 0.6) is 0 Å². The van der Waals surface area contributed by atoms with Crippen LogP contribution in [0.2, 0.25) is 0 Å². The first-order valence-electron chi connectivity index (χ1n) is 7.43. The van der Waals surface area contributed by atoms with Gasteiger partial charge in [-0.05, 0) is 42.5 Å². The van der Waals surface area contributed by atoms with Gasteiger partial charge in [0.2, 0.25) is 0 Å². The maximum absolute atomic E-state index is 4.33. The minimum absolute atomic E-state index is 0.672. The molecule has 0 radical (unpaired) electrons. The first-order valence-corrected chi connectivity index (χ1v) is 7.43. The molecule has 3 aromatic heterocycles.